The van der Waals surface area contributed by atoms with Gasteiger partial charge in [-0.2, -0.15) is 0 Å². The summed E-state index contributed by atoms with van der Waals surface area (Å²) in [7, 11) is 0. The number of hydrogen-bond donors (Lipinski definition) is 1. The largest absolute Gasteiger partial charge is 0.341 e. The number of halogens is 2. The number of carbonyl (C=O) groups excluding carboxylic acids is 2. The van der Waals surface area contributed by atoms with E-state index in [1.807, 2.05) is 13.8 Å². The highest BCUT2D eigenvalue weighted by Crippen LogP contribution is 2.23. The molecular weight excluding hydrogens is 344 g/mol. The third kappa shape index (κ3) is 4.21. The van der Waals surface area contributed by atoms with Crippen LogP contribution in [0.5, 0.6) is 0 Å². The Morgan fingerprint density at radius 2 is 1.95 bits per heavy atom. The molecule has 0 bridgehead atoms. The lowest BCUT2D eigenvalue weighted by Gasteiger charge is -2.23. The Morgan fingerprint density at radius 3 is 2.45 bits per heavy atom. The molecule has 1 unspecified atom stereocenters. The van der Waals surface area contributed by atoms with Gasteiger partial charge in [0.2, 0.25) is 5.91 Å². The molecule has 0 fully saturated rings. The molecule has 0 saturated carbocycles. The van der Waals surface area contributed by atoms with E-state index in [0.717, 1.165) is 0 Å². The summed E-state index contributed by atoms with van der Waals surface area (Å²) in [4.78, 5) is 25.8. The van der Waals surface area contributed by atoms with Crippen LogP contribution in [0.2, 0.25) is 5.02 Å². The molecule has 0 heterocycles. The fourth-order valence-corrected chi connectivity index (χ4v) is 2.28. The molecule has 1 aromatic carbocycles. The summed E-state index contributed by atoms with van der Waals surface area (Å²) < 4.78 is 0.648. The van der Waals surface area contributed by atoms with E-state index in [1.54, 1.807) is 30.0 Å². The maximum Gasteiger partial charge on any atom is 0.251 e. The first kappa shape index (κ1) is 17.0. The van der Waals surface area contributed by atoms with Gasteiger partial charge in [0.25, 0.3) is 5.91 Å². The number of nitrogens with one attached hydrogen (secondary N) is 1. The van der Waals surface area contributed by atoms with Crippen molar-refractivity contribution in [1.29, 1.82) is 0 Å². The predicted molar refractivity (Wildman–Crippen MR) is 84.0 cm³/mol. The van der Waals surface area contributed by atoms with Crippen LogP contribution in [0.3, 0.4) is 0 Å². The second kappa shape index (κ2) is 7.64. The zero-order valence-corrected chi connectivity index (χ0v) is 14.1. The Labute approximate surface area is 132 Å². The molecule has 0 aliphatic rings. The number of benzene rings is 1. The number of nitrogens with zero attached hydrogens (tertiary/aromatic N) is 1. The van der Waals surface area contributed by atoms with E-state index in [1.165, 1.54) is 0 Å². The van der Waals surface area contributed by atoms with Crippen LogP contribution >= 0.6 is 27.5 Å². The van der Waals surface area contributed by atoms with Crippen molar-refractivity contribution in [3.05, 3.63) is 33.3 Å². The molecule has 0 aliphatic heterocycles. The minimum Gasteiger partial charge on any atom is -0.341 e. The van der Waals surface area contributed by atoms with Gasteiger partial charge in [0.05, 0.1) is 5.02 Å². The van der Waals surface area contributed by atoms with Crippen molar-refractivity contribution in [2.45, 2.75) is 26.8 Å². The molecule has 110 valence electrons. The number of hydrogen-bond acceptors (Lipinski definition) is 2. The lowest BCUT2D eigenvalue weighted by molar-refractivity contribution is -0.132. The van der Waals surface area contributed by atoms with Crippen molar-refractivity contribution >= 4 is 39.3 Å². The second-order valence-corrected chi connectivity index (χ2v) is 5.60. The second-order valence-electron chi connectivity index (χ2n) is 4.33. The van der Waals surface area contributed by atoms with E-state index < -0.39 is 6.04 Å². The SMILES string of the molecule is CCN(CC)C(=O)C(C)NC(=O)c1ccc(Cl)c(Br)c1. The molecule has 4 nitrogen and oxygen atoms in total. The van der Waals surface area contributed by atoms with Crippen molar-refractivity contribution < 1.29 is 9.59 Å². The van der Waals surface area contributed by atoms with Gasteiger partial charge in [0.1, 0.15) is 6.04 Å². The van der Waals surface area contributed by atoms with E-state index in [0.29, 0.717) is 28.1 Å². The topological polar surface area (TPSA) is 49.4 Å². The first-order chi connectivity index (χ1) is 9.40. The van der Waals surface area contributed by atoms with Crippen LogP contribution in [-0.4, -0.2) is 35.8 Å². The first-order valence-electron chi connectivity index (χ1n) is 6.45. The Hall–Kier alpha value is -1.07. The van der Waals surface area contributed by atoms with Crippen LogP contribution in [0, 0.1) is 0 Å². The molecule has 0 spiro atoms. The molecule has 1 atom stereocenters. The highest BCUT2D eigenvalue weighted by Gasteiger charge is 2.20. The van der Waals surface area contributed by atoms with Gasteiger partial charge < -0.3 is 10.2 Å². The van der Waals surface area contributed by atoms with Gasteiger partial charge in [-0.1, -0.05) is 11.6 Å². The van der Waals surface area contributed by atoms with Crippen LogP contribution in [0.1, 0.15) is 31.1 Å². The molecule has 0 aliphatic carbocycles. The standard InChI is InChI=1S/C14H18BrClN2O2/c1-4-18(5-2)14(20)9(3)17-13(19)10-6-7-12(16)11(15)8-10/h6-9H,4-5H2,1-3H3,(H,17,19). The third-order valence-corrected chi connectivity index (χ3v) is 4.19. The van der Waals surface area contributed by atoms with E-state index in [2.05, 4.69) is 21.2 Å². The van der Waals surface area contributed by atoms with Crippen molar-refractivity contribution in [1.82, 2.24) is 10.2 Å². The first-order valence-corrected chi connectivity index (χ1v) is 7.62. The molecule has 1 N–H and O–H groups in total. The van der Waals surface area contributed by atoms with Crippen molar-refractivity contribution in [2.24, 2.45) is 0 Å². The smallest absolute Gasteiger partial charge is 0.251 e. The van der Waals surface area contributed by atoms with Crippen LogP contribution in [0.15, 0.2) is 22.7 Å². The summed E-state index contributed by atoms with van der Waals surface area (Å²) in [5, 5.41) is 3.23. The molecule has 6 heteroatoms. The van der Waals surface area contributed by atoms with Crippen LogP contribution < -0.4 is 5.32 Å². The average molecular weight is 362 g/mol. The fourth-order valence-electron chi connectivity index (χ4n) is 1.79. The zero-order chi connectivity index (χ0) is 15.3. The number of rotatable bonds is 5. The average Bonchev–Trinajstić information content (AvgIpc) is 2.42. The van der Waals surface area contributed by atoms with Gasteiger partial charge in [-0.3, -0.25) is 9.59 Å². The molecule has 2 amide bonds. The highest BCUT2D eigenvalue weighted by atomic mass is 79.9. The third-order valence-electron chi connectivity index (χ3n) is 2.97. The van der Waals surface area contributed by atoms with Gasteiger partial charge in [-0.05, 0) is 54.9 Å². The Kier molecular flexibility index (Phi) is 6.49. The Morgan fingerprint density at radius 1 is 1.35 bits per heavy atom. The summed E-state index contributed by atoms with van der Waals surface area (Å²) in [6.07, 6.45) is 0. The lowest BCUT2D eigenvalue weighted by Crippen LogP contribution is -2.46. The molecule has 1 rings (SSSR count). The molecular formula is C14H18BrClN2O2. The van der Waals surface area contributed by atoms with Crippen LogP contribution in [-0.2, 0) is 4.79 Å². The zero-order valence-electron chi connectivity index (χ0n) is 11.7. The van der Waals surface area contributed by atoms with Gasteiger partial charge in [-0.15, -0.1) is 0 Å². The molecule has 1 aromatic rings. The van der Waals surface area contributed by atoms with Gasteiger partial charge in [0, 0.05) is 23.1 Å². The minimum absolute atomic E-state index is 0.0867. The van der Waals surface area contributed by atoms with Gasteiger partial charge in [0.15, 0.2) is 0 Å². The predicted octanol–water partition coefficient (Wildman–Crippen LogP) is 3.09. The summed E-state index contributed by atoms with van der Waals surface area (Å²) in [6, 6.07) is 4.33. The summed E-state index contributed by atoms with van der Waals surface area (Å²) in [5.41, 5.74) is 0.459. The number of amides is 2. The van der Waals surface area contributed by atoms with Gasteiger partial charge in [-0.25, -0.2) is 0 Å². The Balaban J connectivity index is 2.74. The van der Waals surface area contributed by atoms with Crippen molar-refractivity contribution in [3.63, 3.8) is 0 Å². The number of carbonyl (C=O) groups is 2. The quantitative estimate of drug-likeness (QED) is 0.876. The van der Waals surface area contributed by atoms with E-state index in [9.17, 15) is 9.59 Å². The summed E-state index contributed by atoms with van der Waals surface area (Å²) >= 11 is 9.15. The van der Waals surface area contributed by atoms with Crippen molar-refractivity contribution in [3.8, 4) is 0 Å². The normalized spacial score (nSPS) is 11.8. The van der Waals surface area contributed by atoms with Crippen LogP contribution in [0.4, 0.5) is 0 Å². The number of likely N-dealkylation sites (N-methyl/N-ethyl adjacent to an activating group) is 1. The van der Waals surface area contributed by atoms with Crippen molar-refractivity contribution in [2.75, 3.05) is 13.1 Å². The summed E-state index contributed by atoms with van der Waals surface area (Å²) in [5.74, 6) is -0.383. The van der Waals surface area contributed by atoms with Gasteiger partial charge >= 0.3 is 0 Å². The monoisotopic (exact) mass is 360 g/mol. The maximum atomic E-state index is 12.1. The Bertz CT molecular complexity index is 504. The highest BCUT2D eigenvalue weighted by molar-refractivity contribution is 9.10. The maximum absolute atomic E-state index is 12.1. The van der Waals surface area contributed by atoms with E-state index >= 15 is 0 Å². The molecule has 0 saturated heterocycles. The molecule has 0 radical (unpaired) electrons. The van der Waals surface area contributed by atoms with E-state index in [4.69, 9.17) is 11.6 Å². The fraction of sp³-hybridized carbons (Fsp3) is 0.429. The summed E-state index contributed by atoms with van der Waals surface area (Å²) in [6.45, 7) is 6.76. The van der Waals surface area contributed by atoms with E-state index in [-0.39, 0.29) is 11.8 Å². The lowest BCUT2D eigenvalue weighted by atomic mass is 10.2. The molecule has 0 aromatic heterocycles. The molecule has 20 heavy (non-hydrogen) atoms. The minimum atomic E-state index is -0.558. The van der Waals surface area contributed by atoms with Crippen LogP contribution in [0.25, 0.3) is 0 Å².